The first-order valence-corrected chi connectivity index (χ1v) is 8.45. The summed E-state index contributed by atoms with van der Waals surface area (Å²) < 4.78 is 4.95. The predicted molar refractivity (Wildman–Crippen MR) is 82.6 cm³/mol. The number of esters is 1. The van der Waals surface area contributed by atoms with Crippen molar-refractivity contribution < 1.29 is 9.53 Å². The van der Waals surface area contributed by atoms with Crippen molar-refractivity contribution in [3.63, 3.8) is 0 Å². The largest absolute Gasteiger partial charge is 0.468 e. The van der Waals surface area contributed by atoms with Gasteiger partial charge in [0.05, 0.1) is 7.11 Å². The van der Waals surface area contributed by atoms with Gasteiger partial charge in [-0.15, -0.1) is 0 Å². The van der Waals surface area contributed by atoms with Crippen molar-refractivity contribution in [1.82, 2.24) is 5.32 Å². The Morgan fingerprint density at radius 3 is 2.58 bits per heavy atom. The van der Waals surface area contributed by atoms with Gasteiger partial charge in [-0.25, -0.2) is 0 Å². The van der Waals surface area contributed by atoms with Crippen LogP contribution < -0.4 is 5.32 Å². The molecule has 1 rings (SSSR count). The number of ether oxygens (including phenoxy) is 1. The molecule has 19 heavy (non-hydrogen) atoms. The zero-order valence-corrected chi connectivity index (χ0v) is 13.6. The molecule has 0 aromatic heterocycles. The molecule has 3 nitrogen and oxygen atoms in total. The molecule has 0 aliphatic heterocycles. The maximum Gasteiger partial charge on any atom is 0.325 e. The van der Waals surface area contributed by atoms with Gasteiger partial charge in [0.1, 0.15) is 5.54 Å². The van der Waals surface area contributed by atoms with E-state index in [-0.39, 0.29) is 5.97 Å². The van der Waals surface area contributed by atoms with Gasteiger partial charge in [0.2, 0.25) is 0 Å². The van der Waals surface area contributed by atoms with Crippen LogP contribution in [-0.4, -0.2) is 35.7 Å². The molecule has 0 aromatic rings. The van der Waals surface area contributed by atoms with E-state index in [4.69, 9.17) is 4.74 Å². The van der Waals surface area contributed by atoms with Gasteiger partial charge in [0, 0.05) is 10.5 Å². The zero-order chi connectivity index (χ0) is 14.3. The third kappa shape index (κ3) is 5.35. The molecule has 0 aromatic carbocycles. The third-order valence-corrected chi connectivity index (χ3v) is 5.36. The van der Waals surface area contributed by atoms with E-state index in [0.717, 1.165) is 18.2 Å². The van der Waals surface area contributed by atoms with Crippen LogP contribution in [0.5, 0.6) is 0 Å². The molecule has 4 heteroatoms. The van der Waals surface area contributed by atoms with Gasteiger partial charge < -0.3 is 10.1 Å². The molecule has 1 N–H and O–H groups in total. The van der Waals surface area contributed by atoms with Crippen LogP contribution in [0.2, 0.25) is 0 Å². The number of carbonyl (C=O) groups is 1. The van der Waals surface area contributed by atoms with Crippen LogP contribution in [0.4, 0.5) is 0 Å². The van der Waals surface area contributed by atoms with Crippen molar-refractivity contribution in [3.8, 4) is 0 Å². The van der Waals surface area contributed by atoms with E-state index in [1.807, 2.05) is 13.8 Å². The standard InChI is InChI=1S/C15H29NO2S/c1-5-16-15(3,14(17)18-4)11-12(2)19-13-9-7-6-8-10-13/h12-13,16H,5-11H2,1-4H3. The Bertz CT molecular complexity index is 279. The second-order valence-corrected chi connectivity index (χ2v) is 7.51. The molecule has 0 bridgehead atoms. The Labute approximate surface area is 122 Å². The molecule has 0 heterocycles. The van der Waals surface area contributed by atoms with E-state index >= 15 is 0 Å². The first kappa shape index (κ1) is 16.8. The van der Waals surface area contributed by atoms with Gasteiger partial charge >= 0.3 is 5.97 Å². The van der Waals surface area contributed by atoms with Crippen molar-refractivity contribution in [2.24, 2.45) is 0 Å². The summed E-state index contributed by atoms with van der Waals surface area (Å²) in [5, 5.41) is 4.55. The maximum absolute atomic E-state index is 12.0. The number of carbonyl (C=O) groups excluding carboxylic acids is 1. The fraction of sp³-hybridized carbons (Fsp3) is 0.933. The molecule has 0 saturated heterocycles. The van der Waals surface area contributed by atoms with Crippen LogP contribution in [-0.2, 0) is 9.53 Å². The van der Waals surface area contributed by atoms with Gasteiger partial charge in [0.25, 0.3) is 0 Å². The van der Waals surface area contributed by atoms with Crippen LogP contribution >= 0.6 is 11.8 Å². The fourth-order valence-corrected chi connectivity index (χ4v) is 4.69. The number of methoxy groups -OCH3 is 1. The summed E-state index contributed by atoms with van der Waals surface area (Å²) in [6.07, 6.45) is 7.63. The van der Waals surface area contributed by atoms with Crippen LogP contribution in [0.1, 0.15) is 59.3 Å². The van der Waals surface area contributed by atoms with E-state index in [1.54, 1.807) is 0 Å². The van der Waals surface area contributed by atoms with Crippen molar-refractivity contribution in [2.45, 2.75) is 75.3 Å². The van der Waals surface area contributed by atoms with Gasteiger partial charge in [0.15, 0.2) is 0 Å². The second-order valence-electron chi connectivity index (χ2n) is 5.76. The number of rotatable bonds is 7. The molecule has 0 radical (unpaired) electrons. The summed E-state index contributed by atoms with van der Waals surface area (Å²) in [5.41, 5.74) is -0.551. The summed E-state index contributed by atoms with van der Waals surface area (Å²) in [7, 11) is 1.47. The Hall–Kier alpha value is -0.220. The number of thioether (sulfide) groups is 1. The van der Waals surface area contributed by atoms with Crippen LogP contribution in [0.15, 0.2) is 0 Å². The fourth-order valence-electron chi connectivity index (χ4n) is 3.00. The lowest BCUT2D eigenvalue weighted by atomic mass is 9.96. The summed E-state index contributed by atoms with van der Waals surface area (Å²) in [4.78, 5) is 12.0. The van der Waals surface area contributed by atoms with Gasteiger partial charge in [-0.3, -0.25) is 4.79 Å². The van der Waals surface area contributed by atoms with Crippen molar-refractivity contribution in [3.05, 3.63) is 0 Å². The summed E-state index contributed by atoms with van der Waals surface area (Å²) >= 11 is 2.05. The van der Waals surface area contributed by atoms with E-state index in [9.17, 15) is 4.79 Å². The molecule has 2 unspecified atom stereocenters. The molecule has 1 saturated carbocycles. The Morgan fingerprint density at radius 2 is 2.05 bits per heavy atom. The van der Waals surface area contributed by atoms with Crippen molar-refractivity contribution >= 4 is 17.7 Å². The normalized spacial score (nSPS) is 21.7. The minimum Gasteiger partial charge on any atom is -0.468 e. The lowest BCUT2D eigenvalue weighted by Gasteiger charge is -2.32. The number of nitrogens with one attached hydrogen (secondary N) is 1. The Kier molecular flexibility index (Phi) is 7.22. The lowest BCUT2D eigenvalue weighted by Crippen LogP contribution is -2.51. The highest BCUT2D eigenvalue weighted by Gasteiger charge is 2.35. The monoisotopic (exact) mass is 287 g/mol. The number of hydrogen-bond donors (Lipinski definition) is 1. The van der Waals surface area contributed by atoms with Crippen LogP contribution in [0.25, 0.3) is 0 Å². The highest BCUT2D eigenvalue weighted by molar-refractivity contribution is 8.00. The number of hydrogen-bond acceptors (Lipinski definition) is 4. The predicted octanol–water partition coefficient (Wildman–Crippen LogP) is 3.37. The quantitative estimate of drug-likeness (QED) is 0.729. The van der Waals surface area contributed by atoms with Crippen LogP contribution in [0, 0.1) is 0 Å². The SMILES string of the molecule is CCNC(C)(CC(C)SC1CCCCC1)C(=O)OC. The second kappa shape index (κ2) is 8.15. The van der Waals surface area contributed by atoms with Crippen molar-refractivity contribution in [1.29, 1.82) is 0 Å². The minimum atomic E-state index is -0.551. The first-order chi connectivity index (χ1) is 9.01. The molecule has 0 spiro atoms. The molecule has 1 fully saturated rings. The molecule has 1 aliphatic carbocycles. The van der Waals surface area contributed by atoms with E-state index < -0.39 is 5.54 Å². The average molecular weight is 287 g/mol. The molecule has 2 atom stereocenters. The highest BCUT2D eigenvalue weighted by Crippen LogP contribution is 2.34. The molecular formula is C15H29NO2S. The Balaban J connectivity index is 2.50. The third-order valence-electron chi connectivity index (χ3n) is 3.88. The smallest absolute Gasteiger partial charge is 0.325 e. The van der Waals surface area contributed by atoms with Crippen LogP contribution in [0.3, 0.4) is 0 Å². The molecule has 112 valence electrons. The van der Waals surface area contributed by atoms with E-state index in [0.29, 0.717) is 5.25 Å². The molecular weight excluding hydrogens is 258 g/mol. The average Bonchev–Trinajstić information content (AvgIpc) is 2.38. The van der Waals surface area contributed by atoms with Gasteiger partial charge in [-0.05, 0) is 32.7 Å². The van der Waals surface area contributed by atoms with Gasteiger partial charge in [-0.2, -0.15) is 11.8 Å². The molecule has 0 amide bonds. The Morgan fingerprint density at radius 1 is 1.42 bits per heavy atom. The van der Waals surface area contributed by atoms with Crippen molar-refractivity contribution in [2.75, 3.05) is 13.7 Å². The lowest BCUT2D eigenvalue weighted by molar-refractivity contribution is -0.148. The van der Waals surface area contributed by atoms with Gasteiger partial charge in [-0.1, -0.05) is 33.1 Å². The minimum absolute atomic E-state index is 0.148. The van der Waals surface area contributed by atoms with E-state index in [1.165, 1.54) is 39.2 Å². The zero-order valence-electron chi connectivity index (χ0n) is 12.8. The molecule has 1 aliphatic rings. The maximum atomic E-state index is 12.0. The topological polar surface area (TPSA) is 38.3 Å². The first-order valence-electron chi connectivity index (χ1n) is 7.50. The summed E-state index contributed by atoms with van der Waals surface area (Å²) in [6, 6.07) is 0. The summed E-state index contributed by atoms with van der Waals surface area (Å²) in [6.45, 7) is 7.00. The van der Waals surface area contributed by atoms with E-state index in [2.05, 4.69) is 24.0 Å². The summed E-state index contributed by atoms with van der Waals surface area (Å²) in [5.74, 6) is -0.148. The highest BCUT2D eigenvalue weighted by atomic mass is 32.2. The number of likely N-dealkylation sites (N-methyl/N-ethyl adjacent to an activating group) is 1.